The Kier molecular flexibility index (Phi) is 4.09. The van der Waals surface area contributed by atoms with Crippen LogP contribution in [-0.4, -0.2) is 29.9 Å². The van der Waals surface area contributed by atoms with Crippen LogP contribution >= 0.6 is 0 Å². The quantitative estimate of drug-likeness (QED) is 0.885. The maximum atomic E-state index is 12.0. The number of amides is 2. The van der Waals surface area contributed by atoms with Crippen molar-refractivity contribution in [3.63, 3.8) is 0 Å². The molecular formula is C16H15N3O4. The minimum atomic E-state index is -0.335. The van der Waals surface area contributed by atoms with Crippen molar-refractivity contribution < 1.29 is 14.3 Å². The number of carbonyl (C=O) groups excluding carboxylic acids is 2. The van der Waals surface area contributed by atoms with Crippen molar-refractivity contribution in [2.24, 2.45) is 0 Å². The fraction of sp³-hybridized carbons (Fsp3) is 0.188. The smallest absolute Gasteiger partial charge is 0.265 e. The Bertz CT molecular complexity index is 800. The summed E-state index contributed by atoms with van der Waals surface area (Å²) in [5.41, 5.74) is 0.560. The third-order valence-corrected chi connectivity index (χ3v) is 3.47. The van der Waals surface area contributed by atoms with E-state index < -0.39 is 0 Å². The number of para-hydroxylation sites is 2. The lowest BCUT2D eigenvalue weighted by molar-refractivity contribution is -0.121. The zero-order valence-corrected chi connectivity index (χ0v) is 12.2. The normalized spacial score (nSPS) is 13.2. The first-order valence-corrected chi connectivity index (χ1v) is 7.14. The molecule has 0 aliphatic carbocycles. The van der Waals surface area contributed by atoms with Crippen LogP contribution in [0.15, 0.2) is 47.5 Å². The number of pyridine rings is 1. The van der Waals surface area contributed by atoms with Crippen LogP contribution in [0.2, 0.25) is 0 Å². The minimum Gasteiger partial charge on any atom is -0.482 e. The number of aromatic nitrogens is 1. The molecule has 2 amide bonds. The van der Waals surface area contributed by atoms with E-state index in [0.29, 0.717) is 11.4 Å². The van der Waals surface area contributed by atoms with E-state index in [1.807, 2.05) is 6.07 Å². The number of nitrogens with one attached hydrogen (secondary N) is 2. The molecule has 1 aliphatic heterocycles. The lowest BCUT2D eigenvalue weighted by Gasteiger charge is -2.29. The molecular weight excluding hydrogens is 298 g/mol. The van der Waals surface area contributed by atoms with Crippen LogP contribution in [-0.2, 0) is 9.59 Å². The van der Waals surface area contributed by atoms with Crippen molar-refractivity contribution in [3.05, 3.63) is 52.9 Å². The fourth-order valence-electron chi connectivity index (χ4n) is 2.34. The summed E-state index contributed by atoms with van der Waals surface area (Å²) in [5, 5.41) is 2.54. The van der Waals surface area contributed by atoms with E-state index in [0.717, 1.165) is 0 Å². The van der Waals surface area contributed by atoms with Crippen LogP contribution in [0.3, 0.4) is 0 Å². The number of ether oxygens (including phenoxy) is 1. The van der Waals surface area contributed by atoms with Crippen molar-refractivity contribution in [1.82, 2.24) is 4.98 Å². The van der Waals surface area contributed by atoms with Gasteiger partial charge in [0.25, 0.3) is 5.91 Å². The number of benzene rings is 1. The molecule has 0 spiro atoms. The van der Waals surface area contributed by atoms with Gasteiger partial charge in [-0.2, -0.15) is 0 Å². The van der Waals surface area contributed by atoms with Gasteiger partial charge in [-0.15, -0.1) is 0 Å². The summed E-state index contributed by atoms with van der Waals surface area (Å²) in [7, 11) is 0. The second kappa shape index (κ2) is 6.35. The Labute approximate surface area is 131 Å². The summed E-state index contributed by atoms with van der Waals surface area (Å²) < 4.78 is 5.35. The molecule has 23 heavy (non-hydrogen) atoms. The molecule has 0 saturated heterocycles. The maximum absolute atomic E-state index is 12.0. The van der Waals surface area contributed by atoms with Crippen molar-refractivity contribution in [3.8, 4) is 5.75 Å². The third kappa shape index (κ3) is 3.23. The number of hydrogen-bond acceptors (Lipinski definition) is 4. The van der Waals surface area contributed by atoms with Gasteiger partial charge in [0.15, 0.2) is 6.61 Å². The number of rotatable bonds is 4. The summed E-state index contributed by atoms with van der Waals surface area (Å²) in [4.78, 5) is 39.8. The van der Waals surface area contributed by atoms with Gasteiger partial charge in [-0.25, -0.2) is 0 Å². The van der Waals surface area contributed by atoms with E-state index >= 15 is 0 Å². The largest absolute Gasteiger partial charge is 0.482 e. The highest BCUT2D eigenvalue weighted by Crippen LogP contribution is 2.31. The summed E-state index contributed by atoms with van der Waals surface area (Å²) in [6.45, 7) is 0.173. The molecule has 2 N–H and O–H groups in total. The molecule has 118 valence electrons. The molecule has 2 aromatic rings. The number of H-pyrrole nitrogens is 1. The molecule has 0 fully saturated rings. The number of nitrogens with zero attached hydrogens (tertiary/aromatic N) is 1. The molecule has 2 heterocycles. The van der Waals surface area contributed by atoms with E-state index in [4.69, 9.17) is 4.74 Å². The van der Waals surface area contributed by atoms with Gasteiger partial charge in [-0.1, -0.05) is 12.1 Å². The SMILES string of the molecule is O=C(CCN1C(=O)COc2ccccc21)Nc1c[nH]ccc1=O. The molecule has 3 rings (SSSR count). The molecule has 7 nitrogen and oxygen atoms in total. The number of hydrogen-bond donors (Lipinski definition) is 2. The molecule has 0 saturated carbocycles. The van der Waals surface area contributed by atoms with Crippen LogP contribution in [0.1, 0.15) is 6.42 Å². The van der Waals surface area contributed by atoms with Crippen LogP contribution < -0.4 is 20.4 Å². The summed E-state index contributed by atoms with van der Waals surface area (Å²) >= 11 is 0. The number of carbonyl (C=O) groups is 2. The first-order chi connectivity index (χ1) is 11.1. The average molecular weight is 313 g/mol. The third-order valence-electron chi connectivity index (χ3n) is 3.47. The Morgan fingerprint density at radius 3 is 2.91 bits per heavy atom. The fourth-order valence-corrected chi connectivity index (χ4v) is 2.34. The van der Waals surface area contributed by atoms with E-state index in [2.05, 4.69) is 10.3 Å². The second-order valence-electron chi connectivity index (χ2n) is 5.02. The Morgan fingerprint density at radius 2 is 2.09 bits per heavy atom. The molecule has 0 radical (unpaired) electrons. The molecule has 0 atom stereocenters. The van der Waals surface area contributed by atoms with Crippen LogP contribution in [0.25, 0.3) is 0 Å². The molecule has 0 bridgehead atoms. The lowest BCUT2D eigenvalue weighted by atomic mass is 10.2. The van der Waals surface area contributed by atoms with Crippen molar-refractivity contribution >= 4 is 23.2 Å². The molecule has 1 aromatic heterocycles. The highest BCUT2D eigenvalue weighted by Gasteiger charge is 2.25. The second-order valence-corrected chi connectivity index (χ2v) is 5.02. The van der Waals surface area contributed by atoms with Crippen LogP contribution in [0.4, 0.5) is 11.4 Å². The zero-order chi connectivity index (χ0) is 16.2. The summed E-state index contributed by atoms with van der Waals surface area (Å²) in [6.07, 6.45) is 2.99. The number of fused-ring (bicyclic) bond motifs is 1. The van der Waals surface area contributed by atoms with Gasteiger partial charge in [0.2, 0.25) is 11.3 Å². The average Bonchev–Trinajstić information content (AvgIpc) is 2.56. The van der Waals surface area contributed by atoms with Crippen molar-refractivity contribution in [2.45, 2.75) is 6.42 Å². The maximum Gasteiger partial charge on any atom is 0.265 e. The van der Waals surface area contributed by atoms with Crippen LogP contribution in [0.5, 0.6) is 5.75 Å². The zero-order valence-electron chi connectivity index (χ0n) is 12.2. The lowest BCUT2D eigenvalue weighted by Crippen LogP contribution is -2.40. The van der Waals surface area contributed by atoms with Gasteiger partial charge in [-0.3, -0.25) is 14.4 Å². The first-order valence-electron chi connectivity index (χ1n) is 7.14. The van der Waals surface area contributed by atoms with Crippen molar-refractivity contribution in [1.29, 1.82) is 0 Å². The van der Waals surface area contributed by atoms with Gasteiger partial charge in [-0.05, 0) is 12.1 Å². The van der Waals surface area contributed by atoms with Gasteiger partial charge >= 0.3 is 0 Å². The highest BCUT2D eigenvalue weighted by molar-refractivity contribution is 5.99. The van der Waals surface area contributed by atoms with E-state index in [1.54, 1.807) is 18.2 Å². The van der Waals surface area contributed by atoms with Gasteiger partial charge < -0.3 is 19.9 Å². The van der Waals surface area contributed by atoms with E-state index in [-0.39, 0.29) is 42.5 Å². The molecule has 1 aliphatic rings. The number of aromatic amines is 1. The highest BCUT2D eigenvalue weighted by atomic mass is 16.5. The summed E-state index contributed by atoms with van der Waals surface area (Å²) in [6, 6.07) is 8.50. The minimum absolute atomic E-state index is 0.0447. The monoisotopic (exact) mass is 313 g/mol. The summed E-state index contributed by atoms with van der Waals surface area (Å²) in [5.74, 6) is 0.0829. The van der Waals surface area contributed by atoms with Gasteiger partial charge in [0, 0.05) is 31.4 Å². The van der Waals surface area contributed by atoms with Gasteiger partial charge in [0.1, 0.15) is 11.4 Å². The topological polar surface area (TPSA) is 91.5 Å². The Morgan fingerprint density at radius 1 is 1.26 bits per heavy atom. The van der Waals surface area contributed by atoms with Gasteiger partial charge in [0.05, 0.1) is 5.69 Å². The standard InChI is InChI=1S/C16H15N3O4/c20-13-5-7-17-9-11(13)18-15(21)6-8-19-12-3-1-2-4-14(12)23-10-16(19)22/h1-5,7,9H,6,8,10H2,(H,17,20)(H,18,21). The molecule has 0 unspecified atom stereocenters. The first kappa shape index (κ1) is 14.8. The van der Waals surface area contributed by atoms with Crippen LogP contribution in [0, 0.1) is 0 Å². The predicted molar refractivity (Wildman–Crippen MR) is 84.6 cm³/mol. The van der Waals surface area contributed by atoms with E-state index in [1.165, 1.54) is 23.4 Å². The predicted octanol–water partition coefficient (Wildman–Crippen LogP) is 1.13. The number of anilines is 2. The molecule has 1 aromatic carbocycles. The van der Waals surface area contributed by atoms with Crippen molar-refractivity contribution in [2.75, 3.05) is 23.4 Å². The molecule has 7 heteroatoms. The Balaban J connectivity index is 1.66. The van der Waals surface area contributed by atoms with E-state index in [9.17, 15) is 14.4 Å². The Hall–Kier alpha value is -3.09.